The molecule has 1 atom stereocenters. The van der Waals surface area contributed by atoms with Crippen LogP contribution in [0.1, 0.15) is 31.9 Å². The number of hydrogen-bond acceptors (Lipinski definition) is 4. The summed E-state index contributed by atoms with van der Waals surface area (Å²) >= 11 is 0. The third-order valence-electron chi connectivity index (χ3n) is 3.02. The Morgan fingerprint density at radius 2 is 2.53 bits per heavy atom. The van der Waals surface area contributed by atoms with Crippen molar-refractivity contribution in [2.45, 2.75) is 38.8 Å². The number of nitrogens with zero attached hydrogens (tertiary/aromatic N) is 2. The predicted octanol–water partition coefficient (Wildman–Crippen LogP) is 1.17. The fraction of sp³-hybridized carbons (Fsp3) is 0.667. The van der Waals surface area contributed by atoms with Gasteiger partial charge >= 0.3 is 0 Å². The molecule has 0 radical (unpaired) electrons. The molecule has 5 heteroatoms. The lowest BCUT2D eigenvalue weighted by Crippen LogP contribution is -2.50. The Hall–Kier alpha value is -1.36. The van der Waals surface area contributed by atoms with E-state index in [1.54, 1.807) is 6.07 Å². The van der Waals surface area contributed by atoms with Crippen molar-refractivity contribution in [2.75, 3.05) is 13.1 Å². The standard InChI is InChI=1S/C12H19N3O2/c1-2-6-13-11-4-3-7-15(12(11)16)9-10-5-8-17-14-10/h5,8,11,13H,2-4,6-7,9H2,1H3. The van der Waals surface area contributed by atoms with E-state index in [-0.39, 0.29) is 11.9 Å². The number of carbonyl (C=O) groups excluding carboxylic acids is 1. The van der Waals surface area contributed by atoms with Crippen LogP contribution in [0.5, 0.6) is 0 Å². The highest BCUT2D eigenvalue weighted by Gasteiger charge is 2.28. The molecule has 5 nitrogen and oxygen atoms in total. The van der Waals surface area contributed by atoms with Gasteiger partial charge in [-0.15, -0.1) is 0 Å². The molecule has 0 bridgehead atoms. The molecule has 1 amide bonds. The van der Waals surface area contributed by atoms with E-state index in [0.717, 1.165) is 38.0 Å². The van der Waals surface area contributed by atoms with Gasteiger partial charge < -0.3 is 14.7 Å². The average Bonchev–Trinajstić information content (AvgIpc) is 2.83. The van der Waals surface area contributed by atoms with Crippen molar-refractivity contribution >= 4 is 5.91 Å². The highest BCUT2D eigenvalue weighted by Crippen LogP contribution is 2.14. The zero-order chi connectivity index (χ0) is 12.1. The van der Waals surface area contributed by atoms with Gasteiger partial charge in [-0.1, -0.05) is 12.1 Å². The second-order valence-corrected chi connectivity index (χ2v) is 4.40. The van der Waals surface area contributed by atoms with Crippen LogP contribution < -0.4 is 5.32 Å². The molecular weight excluding hydrogens is 218 g/mol. The summed E-state index contributed by atoms with van der Waals surface area (Å²) in [5.41, 5.74) is 0.814. The molecule has 17 heavy (non-hydrogen) atoms. The number of amides is 1. The molecule has 1 aromatic rings. The molecule has 2 heterocycles. The van der Waals surface area contributed by atoms with Gasteiger partial charge in [0.25, 0.3) is 0 Å². The first kappa shape index (κ1) is 12.1. The molecule has 1 aromatic heterocycles. The minimum atomic E-state index is -0.0180. The van der Waals surface area contributed by atoms with Crippen molar-refractivity contribution in [3.8, 4) is 0 Å². The quantitative estimate of drug-likeness (QED) is 0.835. The number of nitrogens with one attached hydrogen (secondary N) is 1. The van der Waals surface area contributed by atoms with Crippen LogP contribution >= 0.6 is 0 Å². The van der Waals surface area contributed by atoms with Crippen molar-refractivity contribution in [3.05, 3.63) is 18.0 Å². The van der Waals surface area contributed by atoms with Gasteiger partial charge in [-0.2, -0.15) is 0 Å². The summed E-state index contributed by atoms with van der Waals surface area (Å²) < 4.78 is 4.78. The van der Waals surface area contributed by atoms with Gasteiger partial charge in [-0.25, -0.2) is 0 Å². The van der Waals surface area contributed by atoms with Crippen LogP contribution in [0.3, 0.4) is 0 Å². The van der Waals surface area contributed by atoms with Crippen LogP contribution in [0.4, 0.5) is 0 Å². The molecule has 0 aliphatic carbocycles. The van der Waals surface area contributed by atoms with Crippen LogP contribution in [-0.4, -0.2) is 35.1 Å². The van der Waals surface area contributed by atoms with Crippen LogP contribution in [-0.2, 0) is 11.3 Å². The zero-order valence-corrected chi connectivity index (χ0v) is 10.2. The summed E-state index contributed by atoms with van der Waals surface area (Å²) in [4.78, 5) is 14.0. The van der Waals surface area contributed by atoms with Crippen molar-refractivity contribution in [3.63, 3.8) is 0 Å². The Labute approximate surface area is 101 Å². The summed E-state index contributed by atoms with van der Waals surface area (Å²) in [5, 5.41) is 7.14. The zero-order valence-electron chi connectivity index (χ0n) is 10.2. The maximum Gasteiger partial charge on any atom is 0.240 e. The highest BCUT2D eigenvalue weighted by molar-refractivity contribution is 5.82. The lowest BCUT2D eigenvalue weighted by Gasteiger charge is -2.32. The lowest BCUT2D eigenvalue weighted by atomic mass is 10.0. The van der Waals surface area contributed by atoms with Gasteiger partial charge in [-0.05, 0) is 25.8 Å². The Morgan fingerprint density at radius 1 is 1.65 bits per heavy atom. The van der Waals surface area contributed by atoms with E-state index in [0.29, 0.717) is 6.54 Å². The van der Waals surface area contributed by atoms with Crippen molar-refractivity contribution in [2.24, 2.45) is 0 Å². The monoisotopic (exact) mass is 237 g/mol. The van der Waals surface area contributed by atoms with Gasteiger partial charge in [0.1, 0.15) is 12.0 Å². The number of carbonyl (C=O) groups is 1. The third kappa shape index (κ3) is 3.06. The summed E-state index contributed by atoms with van der Waals surface area (Å²) in [6, 6.07) is 1.78. The summed E-state index contributed by atoms with van der Waals surface area (Å²) in [6.07, 6.45) is 4.57. The SMILES string of the molecule is CCCNC1CCCN(Cc2ccon2)C1=O. The smallest absolute Gasteiger partial charge is 0.240 e. The van der Waals surface area contributed by atoms with Crippen LogP contribution in [0, 0.1) is 0 Å². The minimum absolute atomic E-state index is 0.0180. The fourth-order valence-electron chi connectivity index (χ4n) is 2.12. The van der Waals surface area contributed by atoms with E-state index in [1.807, 2.05) is 4.90 Å². The molecule has 1 saturated heterocycles. The van der Waals surface area contributed by atoms with Crippen molar-refractivity contribution in [1.29, 1.82) is 0 Å². The average molecular weight is 237 g/mol. The topological polar surface area (TPSA) is 58.4 Å². The number of piperidine rings is 1. The Balaban J connectivity index is 1.91. The second kappa shape index (κ2) is 5.82. The molecule has 1 N–H and O–H groups in total. The van der Waals surface area contributed by atoms with E-state index < -0.39 is 0 Å². The lowest BCUT2D eigenvalue weighted by molar-refractivity contribution is -0.136. The summed E-state index contributed by atoms with van der Waals surface area (Å²) in [6.45, 7) is 4.37. The third-order valence-corrected chi connectivity index (χ3v) is 3.02. The first-order valence-corrected chi connectivity index (χ1v) is 6.22. The number of likely N-dealkylation sites (tertiary alicyclic amines) is 1. The molecule has 0 spiro atoms. The largest absolute Gasteiger partial charge is 0.364 e. The molecule has 94 valence electrons. The number of hydrogen-bond donors (Lipinski definition) is 1. The van der Waals surface area contributed by atoms with E-state index >= 15 is 0 Å². The molecule has 2 rings (SSSR count). The van der Waals surface area contributed by atoms with Crippen molar-refractivity contribution in [1.82, 2.24) is 15.4 Å². The summed E-state index contributed by atoms with van der Waals surface area (Å²) in [7, 11) is 0. The normalized spacial score (nSPS) is 20.9. The molecule has 1 aliphatic heterocycles. The Bertz CT molecular complexity index is 351. The molecule has 0 saturated carbocycles. The maximum atomic E-state index is 12.2. The Kier molecular flexibility index (Phi) is 4.14. The van der Waals surface area contributed by atoms with E-state index in [9.17, 15) is 4.79 Å². The number of aromatic nitrogens is 1. The van der Waals surface area contributed by atoms with E-state index in [2.05, 4.69) is 17.4 Å². The number of rotatable bonds is 5. The van der Waals surface area contributed by atoms with E-state index in [1.165, 1.54) is 6.26 Å². The molecule has 1 fully saturated rings. The summed E-state index contributed by atoms with van der Waals surface area (Å²) in [5.74, 6) is 0.188. The minimum Gasteiger partial charge on any atom is -0.364 e. The van der Waals surface area contributed by atoms with Gasteiger partial charge in [-0.3, -0.25) is 4.79 Å². The van der Waals surface area contributed by atoms with E-state index in [4.69, 9.17) is 4.52 Å². The van der Waals surface area contributed by atoms with Crippen LogP contribution in [0.2, 0.25) is 0 Å². The van der Waals surface area contributed by atoms with Crippen LogP contribution in [0.25, 0.3) is 0 Å². The first-order chi connectivity index (χ1) is 8.31. The molecule has 1 unspecified atom stereocenters. The first-order valence-electron chi connectivity index (χ1n) is 6.22. The highest BCUT2D eigenvalue weighted by atomic mass is 16.5. The second-order valence-electron chi connectivity index (χ2n) is 4.40. The molecule has 0 aromatic carbocycles. The van der Waals surface area contributed by atoms with Gasteiger partial charge in [0.15, 0.2) is 0 Å². The van der Waals surface area contributed by atoms with Gasteiger partial charge in [0, 0.05) is 12.6 Å². The Morgan fingerprint density at radius 3 is 3.24 bits per heavy atom. The van der Waals surface area contributed by atoms with Gasteiger partial charge in [0.05, 0.1) is 12.6 Å². The molecule has 1 aliphatic rings. The molecular formula is C12H19N3O2. The van der Waals surface area contributed by atoms with Gasteiger partial charge in [0.2, 0.25) is 5.91 Å². The van der Waals surface area contributed by atoms with Crippen molar-refractivity contribution < 1.29 is 9.32 Å². The predicted molar refractivity (Wildman–Crippen MR) is 63.2 cm³/mol. The maximum absolute atomic E-state index is 12.2. The fourth-order valence-corrected chi connectivity index (χ4v) is 2.12. The van der Waals surface area contributed by atoms with Crippen LogP contribution in [0.15, 0.2) is 16.9 Å².